The van der Waals surface area contributed by atoms with E-state index in [4.69, 9.17) is 14.7 Å². The van der Waals surface area contributed by atoms with Gasteiger partial charge in [0, 0.05) is 41.6 Å². The van der Waals surface area contributed by atoms with E-state index in [0.29, 0.717) is 6.07 Å². The molecule has 1 heterocycles. The summed E-state index contributed by atoms with van der Waals surface area (Å²) in [6, 6.07) is 6.27. The van der Waals surface area contributed by atoms with E-state index in [1.54, 1.807) is 6.07 Å². The van der Waals surface area contributed by atoms with Gasteiger partial charge in [0.15, 0.2) is 5.60 Å². The molecular formula is C22H12F5N3O4. The van der Waals surface area contributed by atoms with Crippen LogP contribution in [0, 0.1) is 17.1 Å². The molecule has 12 heteroatoms. The molecule has 2 unspecified atom stereocenters. The highest BCUT2D eigenvalue weighted by Crippen LogP contribution is 2.68. The maximum atomic E-state index is 14.8. The van der Waals surface area contributed by atoms with Crippen LogP contribution in [-0.2, 0) is 16.3 Å². The maximum Gasteiger partial charge on any atom is 0.419 e. The fourth-order valence-electron chi connectivity index (χ4n) is 4.37. The number of alkyl halides is 4. The lowest BCUT2D eigenvalue weighted by atomic mass is 9.94. The number of nitrogens with zero attached hydrogens (tertiary/aromatic N) is 3. The van der Waals surface area contributed by atoms with E-state index in [9.17, 15) is 31.9 Å². The molecule has 2 aliphatic carbocycles. The summed E-state index contributed by atoms with van der Waals surface area (Å²) in [4.78, 5) is 16.1. The number of rotatable bonds is 3. The topological polar surface area (TPSA) is 97.4 Å². The standard InChI is InChI=1S/C22H12F5N3O4/c23-12-5-11(9-28)6-13(7-12)33-15-2-1-14-18-17(15)16(34-19(31)30-4-3-29-10-30)8-20(18,32)22(26,27)21(14,24)25/h1-7,10,16,32H,8H2. The van der Waals surface area contributed by atoms with Gasteiger partial charge in [-0.05, 0) is 24.3 Å². The zero-order valence-electron chi connectivity index (χ0n) is 16.8. The number of imidazole rings is 1. The molecule has 0 spiro atoms. The normalized spacial score (nSPS) is 23.3. The van der Waals surface area contributed by atoms with Crippen molar-refractivity contribution in [3.8, 4) is 17.6 Å². The predicted octanol–water partition coefficient (Wildman–Crippen LogP) is 4.74. The molecule has 0 bridgehead atoms. The Morgan fingerprint density at radius 2 is 2.00 bits per heavy atom. The lowest BCUT2D eigenvalue weighted by molar-refractivity contribution is -0.288. The van der Waals surface area contributed by atoms with Crippen molar-refractivity contribution < 1.29 is 41.3 Å². The van der Waals surface area contributed by atoms with Crippen LogP contribution in [0.2, 0.25) is 0 Å². The molecule has 34 heavy (non-hydrogen) atoms. The number of halogens is 5. The molecule has 2 aromatic carbocycles. The van der Waals surface area contributed by atoms with Crippen LogP contribution in [-0.4, -0.2) is 26.7 Å². The van der Waals surface area contributed by atoms with Gasteiger partial charge in [0.05, 0.1) is 11.6 Å². The van der Waals surface area contributed by atoms with E-state index < -0.39 is 58.6 Å². The fourth-order valence-corrected chi connectivity index (χ4v) is 4.37. The first kappa shape index (κ1) is 21.8. The highest BCUT2D eigenvalue weighted by atomic mass is 19.3. The molecule has 0 radical (unpaired) electrons. The Bertz CT molecular complexity index is 1370. The lowest BCUT2D eigenvalue weighted by Gasteiger charge is -2.30. The van der Waals surface area contributed by atoms with E-state index in [-0.39, 0.29) is 17.1 Å². The fraction of sp³-hybridized carbons (Fsp3) is 0.227. The number of carbonyl (C=O) groups excluding carboxylic acids is 1. The molecule has 5 rings (SSSR count). The van der Waals surface area contributed by atoms with Gasteiger partial charge in [-0.2, -0.15) is 22.8 Å². The Labute approximate surface area is 187 Å². The number of ether oxygens (including phenoxy) is 2. The summed E-state index contributed by atoms with van der Waals surface area (Å²) in [6.07, 6.45) is -0.225. The number of hydrogen-bond donors (Lipinski definition) is 1. The summed E-state index contributed by atoms with van der Waals surface area (Å²) in [6.45, 7) is 0. The average Bonchev–Trinajstić information content (AvgIpc) is 3.43. The molecule has 0 saturated heterocycles. The van der Waals surface area contributed by atoms with Crippen molar-refractivity contribution >= 4 is 6.09 Å². The molecule has 2 aliphatic rings. The van der Waals surface area contributed by atoms with Gasteiger partial charge < -0.3 is 14.6 Å². The highest BCUT2D eigenvalue weighted by molar-refractivity contribution is 5.71. The Morgan fingerprint density at radius 3 is 2.68 bits per heavy atom. The quantitative estimate of drug-likeness (QED) is 0.548. The molecule has 0 aliphatic heterocycles. The summed E-state index contributed by atoms with van der Waals surface area (Å²) < 4.78 is 84.3. The summed E-state index contributed by atoms with van der Waals surface area (Å²) in [5.41, 5.74) is -5.85. The largest absolute Gasteiger partial charge is 0.457 e. The zero-order chi connectivity index (χ0) is 24.5. The second kappa shape index (κ2) is 7.01. The number of benzene rings is 2. The van der Waals surface area contributed by atoms with Crippen LogP contribution in [0.5, 0.6) is 11.5 Å². The molecule has 0 amide bonds. The third-order valence-corrected chi connectivity index (χ3v) is 5.86. The molecule has 1 aromatic heterocycles. The number of carbonyl (C=O) groups is 1. The van der Waals surface area contributed by atoms with Gasteiger partial charge in [-0.1, -0.05) is 0 Å². The first-order valence-corrected chi connectivity index (χ1v) is 9.73. The number of nitriles is 1. The molecule has 7 nitrogen and oxygen atoms in total. The Hall–Kier alpha value is -3.98. The summed E-state index contributed by atoms with van der Waals surface area (Å²) in [7, 11) is 0. The van der Waals surface area contributed by atoms with Crippen molar-refractivity contribution in [1.82, 2.24) is 9.55 Å². The van der Waals surface area contributed by atoms with Crippen molar-refractivity contribution in [2.24, 2.45) is 0 Å². The molecule has 0 saturated carbocycles. The minimum atomic E-state index is -4.92. The van der Waals surface area contributed by atoms with E-state index in [2.05, 4.69) is 4.98 Å². The second-order valence-electron chi connectivity index (χ2n) is 7.84. The first-order chi connectivity index (χ1) is 16.0. The third-order valence-electron chi connectivity index (χ3n) is 5.86. The van der Waals surface area contributed by atoms with Crippen LogP contribution >= 0.6 is 0 Å². The van der Waals surface area contributed by atoms with E-state index in [1.165, 1.54) is 12.4 Å². The van der Waals surface area contributed by atoms with Crippen LogP contribution in [0.4, 0.5) is 26.7 Å². The monoisotopic (exact) mass is 477 g/mol. The van der Waals surface area contributed by atoms with Crippen LogP contribution in [0.25, 0.3) is 0 Å². The molecule has 3 aromatic rings. The van der Waals surface area contributed by atoms with Crippen molar-refractivity contribution in [3.63, 3.8) is 0 Å². The molecular weight excluding hydrogens is 465 g/mol. The second-order valence-corrected chi connectivity index (χ2v) is 7.84. The Morgan fingerprint density at radius 1 is 1.24 bits per heavy atom. The third kappa shape index (κ3) is 2.83. The van der Waals surface area contributed by atoms with Gasteiger partial charge in [-0.25, -0.2) is 18.7 Å². The summed E-state index contributed by atoms with van der Waals surface area (Å²) >= 11 is 0. The number of aliphatic hydroxyl groups is 1. The molecule has 2 atom stereocenters. The Kier molecular flexibility index (Phi) is 4.50. The number of aromatic nitrogens is 2. The highest BCUT2D eigenvalue weighted by Gasteiger charge is 2.79. The van der Waals surface area contributed by atoms with E-state index in [0.717, 1.165) is 35.2 Å². The number of hydrogen-bond acceptors (Lipinski definition) is 6. The van der Waals surface area contributed by atoms with Gasteiger partial charge in [0.1, 0.15) is 29.7 Å². The van der Waals surface area contributed by atoms with Crippen LogP contribution in [0.15, 0.2) is 49.1 Å². The zero-order valence-corrected chi connectivity index (χ0v) is 16.8. The van der Waals surface area contributed by atoms with Crippen molar-refractivity contribution in [1.29, 1.82) is 5.26 Å². The van der Waals surface area contributed by atoms with E-state index >= 15 is 0 Å². The van der Waals surface area contributed by atoms with Gasteiger partial charge in [0.25, 0.3) is 0 Å². The Balaban J connectivity index is 1.65. The van der Waals surface area contributed by atoms with Crippen LogP contribution < -0.4 is 4.74 Å². The van der Waals surface area contributed by atoms with Gasteiger partial charge in [-0.15, -0.1) is 0 Å². The predicted molar refractivity (Wildman–Crippen MR) is 102 cm³/mol. The van der Waals surface area contributed by atoms with Gasteiger partial charge in [0.2, 0.25) is 0 Å². The first-order valence-electron chi connectivity index (χ1n) is 9.73. The molecule has 0 fully saturated rings. The SMILES string of the molecule is N#Cc1cc(F)cc(Oc2ccc3c4c2C(OC(=O)n2ccnc2)CC4(O)C(F)(F)C3(F)F)c1. The summed E-state index contributed by atoms with van der Waals surface area (Å²) in [5.74, 6) is -11.0. The molecule has 1 N–H and O–H groups in total. The van der Waals surface area contributed by atoms with Gasteiger partial charge >= 0.3 is 17.9 Å². The lowest BCUT2D eigenvalue weighted by Crippen LogP contribution is -2.48. The van der Waals surface area contributed by atoms with Crippen LogP contribution in [0.1, 0.15) is 34.8 Å². The van der Waals surface area contributed by atoms with Crippen LogP contribution in [0.3, 0.4) is 0 Å². The minimum absolute atomic E-state index is 0.120. The summed E-state index contributed by atoms with van der Waals surface area (Å²) in [5, 5.41) is 19.8. The van der Waals surface area contributed by atoms with Gasteiger partial charge in [-0.3, -0.25) is 0 Å². The average molecular weight is 477 g/mol. The van der Waals surface area contributed by atoms with E-state index in [1.807, 2.05) is 0 Å². The van der Waals surface area contributed by atoms with Crippen molar-refractivity contribution in [2.45, 2.75) is 30.0 Å². The minimum Gasteiger partial charge on any atom is -0.457 e. The smallest absolute Gasteiger partial charge is 0.419 e. The molecule has 174 valence electrons. The van der Waals surface area contributed by atoms with Crippen molar-refractivity contribution in [3.05, 3.63) is 77.1 Å². The maximum absolute atomic E-state index is 14.8. The van der Waals surface area contributed by atoms with Crippen molar-refractivity contribution in [2.75, 3.05) is 0 Å².